The van der Waals surface area contributed by atoms with Crippen molar-refractivity contribution in [1.82, 2.24) is 10.3 Å². The maximum atomic E-state index is 5.53. The number of nitrogens with two attached hydrogens (primary N) is 1. The molecule has 0 spiro atoms. The van der Waals surface area contributed by atoms with Crippen LogP contribution in [0, 0.1) is 0 Å². The van der Waals surface area contributed by atoms with E-state index in [-0.39, 0.29) is 0 Å². The molecule has 0 saturated carbocycles. The van der Waals surface area contributed by atoms with Gasteiger partial charge in [-0.05, 0) is 37.6 Å². The molecule has 2 heterocycles. The molecule has 0 amide bonds. The Bertz CT molecular complexity index is 275. The largest absolute Gasteiger partial charge is 0.326 e. The molecule has 0 aliphatic carbocycles. The van der Waals surface area contributed by atoms with Crippen LogP contribution in [0.15, 0.2) is 18.3 Å². The van der Waals surface area contributed by atoms with Crippen molar-refractivity contribution >= 4 is 0 Å². The smallest absolute Gasteiger partial charge is 0.0435 e. The number of pyridine rings is 1. The molecule has 76 valence electrons. The third kappa shape index (κ3) is 2.11. The molecule has 1 aliphatic heterocycles. The first-order valence-electron chi connectivity index (χ1n) is 5.26. The molecule has 0 radical (unpaired) electrons. The highest BCUT2D eigenvalue weighted by atomic mass is 14.9. The minimum absolute atomic E-state index is 0.583. The van der Waals surface area contributed by atoms with Crippen molar-refractivity contribution in [2.75, 3.05) is 13.1 Å². The summed E-state index contributed by atoms with van der Waals surface area (Å²) < 4.78 is 0. The number of aromatic nitrogens is 1. The van der Waals surface area contributed by atoms with E-state index in [0.29, 0.717) is 12.5 Å². The minimum Gasteiger partial charge on any atom is -0.326 e. The Balaban J connectivity index is 2.07. The van der Waals surface area contributed by atoms with E-state index < -0.39 is 0 Å². The van der Waals surface area contributed by atoms with E-state index in [1.807, 2.05) is 6.20 Å². The zero-order valence-electron chi connectivity index (χ0n) is 8.37. The molecule has 1 saturated heterocycles. The maximum Gasteiger partial charge on any atom is 0.0435 e. The van der Waals surface area contributed by atoms with Crippen LogP contribution in [0.4, 0.5) is 0 Å². The zero-order valence-corrected chi connectivity index (χ0v) is 8.37. The Morgan fingerprint density at radius 3 is 2.71 bits per heavy atom. The highest BCUT2D eigenvalue weighted by Gasteiger charge is 2.15. The van der Waals surface area contributed by atoms with E-state index in [0.717, 1.165) is 18.7 Å². The average Bonchev–Trinajstić information content (AvgIpc) is 2.30. The SMILES string of the molecule is NCc1ccc(C2CCNCC2)nc1. The monoisotopic (exact) mass is 191 g/mol. The van der Waals surface area contributed by atoms with E-state index >= 15 is 0 Å². The van der Waals surface area contributed by atoms with Gasteiger partial charge in [-0.2, -0.15) is 0 Å². The number of hydrogen-bond acceptors (Lipinski definition) is 3. The fourth-order valence-electron chi connectivity index (χ4n) is 1.92. The lowest BCUT2D eigenvalue weighted by Crippen LogP contribution is -2.27. The number of nitrogens with zero attached hydrogens (tertiary/aromatic N) is 1. The topological polar surface area (TPSA) is 50.9 Å². The van der Waals surface area contributed by atoms with E-state index in [1.165, 1.54) is 18.5 Å². The van der Waals surface area contributed by atoms with Gasteiger partial charge in [0.15, 0.2) is 0 Å². The van der Waals surface area contributed by atoms with Crippen LogP contribution in [0.1, 0.15) is 30.0 Å². The Labute approximate surface area is 84.7 Å². The highest BCUT2D eigenvalue weighted by molar-refractivity contribution is 5.17. The third-order valence-corrected chi connectivity index (χ3v) is 2.84. The van der Waals surface area contributed by atoms with Crippen molar-refractivity contribution in [3.05, 3.63) is 29.6 Å². The second-order valence-corrected chi connectivity index (χ2v) is 3.82. The molecule has 2 rings (SSSR count). The quantitative estimate of drug-likeness (QED) is 0.733. The number of rotatable bonds is 2. The Kier molecular flexibility index (Phi) is 3.11. The molecule has 3 N–H and O–H groups in total. The fourth-order valence-corrected chi connectivity index (χ4v) is 1.92. The van der Waals surface area contributed by atoms with Gasteiger partial charge in [0, 0.05) is 24.4 Å². The molecule has 3 heteroatoms. The Morgan fingerprint density at radius 1 is 1.36 bits per heavy atom. The van der Waals surface area contributed by atoms with Crippen molar-refractivity contribution < 1.29 is 0 Å². The molecule has 1 aliphatic rings. The van der Waals surface area contributed by atoms with Gasteiger partial charge in [0.2, 0.25) is 0 Å². The van der Waals surface area contributed by atoms with E-state index in [1.54, 1.807) is 0 Å². The molecule has 1 fully saturated rings. The Hall–Kier alpha value is -0.930. The normalized spacial score (nSPS) is 18.4. The van der Waals surface area contributed by atoms with Crippen molar-refractivity contribution in [2.45, 2.75) is 25.3 Å². The van der Waals surface area contributed by atoms with Crippen LogP contribution in [-0.4, -0.2) is 18.1 Å². The lowest BCUT2D eigenvalue weighted by atomic mass is 9.94. The molecule has 0 aromatic carbocycles. The maximum absolute atomic E-state index is 5.53. The van der Waals surface area contributed by atoms with Crippen LogP contribution in [-0.2, 0) is 6.54 Å². The van der Waals surface area contributed by atoms with Gasteiger partial charge in [-0.3, -0.25) is 4.98 Å². The standard InChI is InChI=1S/C11H17N3/c12-7-9-1-2-11(14-8-9)10-3-5-13-6-4-10/h1-2,8,10,13H,3-7,12H2. The van der Waals surface area contributed by atoms with Crippen molar-refractivity contribution in [3.63, 3.8) is 0 Å². The van der Waals surface area contributed by atoms with Gasteiger partial charge in [0.05, 0.1) is 0 Å². The summed E-state index contributed by atoms with van der Waals surface area (Å²) in [4.78, 5) is 4.47. The summed E-state index contributed by atoms with van der Waals surface area (Å²) in [6.45, 7) is 2.81. The first-order chi connectivity index (χ1) is 6.90. The molecule has 1 aromatic rings. The second kappa shape index (κ2) is 4.53. The Morgan fingerprint density at radius 2 is 2.14 bits per heavy atom. The van der Waals surface area contributed by atoms with Gasteiger partial charge in [0.1, 0.15) is 0 Å². The van der Waals surface area contributed by atoms with Crippen LogP contribution >= 0.6 is 0 Å². The lowest BCUT2D eigenvalue weighted by Gasteiger charge is -2.22. The molecule has 3 nitrogen and oxygen atoms in total. The minimum atomic E-state index is 0.583. The molecule has 14 heavy (non-hydrogen) atoms. The summed E-state index contributed by atoms with van der Waals surface area (Å²) in [6.07, 6.45) is 4.31. The van der Waals surface area contributed by atoms with Crippen molar-refractivity contribution in [2.24, 2.45) is 5.73 Å². The summed E-state index contributed by atoms with van der Waals surface area (Å²) >= 11 is 0. The van der Waals surface area contributed by atoms with Crippen LogP contribution in [0.2, 0.25) is 0 Å². The van der Waals surface area contributed by atoms with Crippen LogP contribution < -0.4 is 11.1 Å². The van der Waals surface area contributed by atoms with Crippen molar-refractivity contribution in [3.8, 4) is 0 Å². The molecular formula is C11H17N3. The third-order valence-electron chi connectivity index (χ3n) is 2.84. The van der Waals surface area contributed by atoms with Gasteiger partial charge in [-0.15, -0.1) is 0 Å². The summed E-state index contributed by atoms with van der Waals surface area (Å²) in [5, 5.41) is 3.36. The van der Waals surface area contributed by atoms with Gasteiger partial charge in [-0.25, -0.2) is 0 Å². The summed E-state index contributed by atoms with van der Waals surface area (Å²) in [5.74, 6) is 0.642. The van der Waals surface area contributed by atoms with E-state index in [9.17, 15) is 0 Å². The summed E-state index contributed by atoms with van der Waals surface area (Å²) in [5.41, 5.74) is 7.87. The predicted molar refractivity (Wildman–Crippen MR) is 57.0 cm³/mol. The molecule has 1 aromatic heterocycles. The first-order valence-corrected chi connectivity index (χ1v) is 5.26. The molecule has 0 bridgehead atoms. The van der Waals surface area contributed by atoms with Crippen molar-refractivity contribution in [1.29, 1.82) is 0 Å². The van der Waals surface area contributed by atoms with Crippen LogP contribution in [0.25, 0.3) is 0 Å². The lowest BCUT2D eigenvalue weighted by molar-refractivity contribution is 0.453. The molecule has 0 atom stereocenters. The molecular weight excluding hydrogens is 174 g/mol. The van der Waals surface area contributed by atoms with E-state index in [2.05, 4.69) is 22.4 Å². The van der Waals surface area contributed by atoms with Crippen LogP contribution in [0.3, 0.4) is 0 Å². The average molecular weight is 191 g/mol. The number of nitrogens with one attached hydrogen (secondary N) is 1. The zero-order chi connectivity index (χ0) is 9.80. The van der Waals surface area contributed by atoms with E-state index in [4.69, 9.17) is 5.73 Å². The number of hydrogen-bond donors (Lipinski definition) is 2. The second-order valence-electron chi connectivity index (χ2n) is 3.82. The van der Waals surface area contributed by atoms with Gasteiger partial charge >= 0.3 is 0 Å². The molecule has 0 unspecified atom stereocenters. The first kappa shape index (κ1) is 9.62. The highest BCUT2D eigenvalue weighted by Crippen LogP contribution is 2.23. The fraction of sp³-hybridized carbons (Fsp3) is 0.545. The predicted octanol–water partition coefficient (Wildman–Crippen LogP) is 1.01. The summed E-state index contributed by atoms with van der Waals surface area (Å²) in [7, 11) is 0. The van der Waals surface area contributed by atoms with Crippen LogP contribution in [0.5, 0.6) is 0 Å². The van der Waals surface area contributed by atoms with Gasteiger partial charge < -0.3 is 11.1 Å². The van der Waals surface area contributed by atoms with Gasteiger partial charge in [-0.1, -0.05) is 6.07 Å². The number of piperidine rings is 1. The van der Waals surface area contributed by atoms with Gasteiger partial charge in [0.25, 0.3) is 0 Å². The summed E-state index contributed by atoms with van der Waals surface area (Å²) in [6, 6.07) is 4.21.